The zero-order valence-corrected chi connectivity index (χ0v) is 15.4. The number of carbonyl (C=O) groups excluding carboxylic acids is 1. The SMILES string of the molecule is Cc1c(Cl)cccc1NC(=O)CSc1nc2sccc2c(=O)n1C. The predicted molar refractivity (Wildman–Crippen MR) is 100 cm³/mol. The second-order valence-corrected chi connectivity index (χ2v) is 7.39. The van der Waals surface area contributed by atoms with Crippen LogP contribution in [0.5, 0.6) is 0 Å². The van der Waals surface area contributed by atoms with E-state index < -0.39 is 0 Å². The summed E-state index contributed by atoms with van der Waals surface area (Å²) in [5.41, 5.74) is 1.40. The van der Waals surface area contributed by atoms with Gasteiger partial charge in [0.2, 0.25) is 5.91 Å². The number of hydrogen-bond donors (Lipinski definition) is 1. The highest BCUT2D eigenvalue weighted by Gasteiger charge is 2.12. The van der Waals surface area contributed by atoms with Crippen LogP contribution in [0.25, 0.3) is 10.2 Å². The normalized spacial score (nSPS) is 11.0. The molecule has 1 amide bonds. The zero-order valence-electron chi connectivity index (χ0n) is 13.0. The summed E-state index contributed by atoms with van der Waals surface area (Å²) in [6.45, 7) is 1.85. The molecule has 0 saturated heterocycles. The number of thiophene rings is 1. The van der Waals surface area contributed by atoms with Crippen molar-refractivity contribution in [3.05, 3.63) is 50.6 Å². The first-order valence-corrected chi connectivity index (χ1v) is 9.33. The molecule has 1 aromatic carbocycles. The first kappa shape index (κ1) is 17.0. The number of nitrogens with zero attached hydrogens (tertiary/aromatic N) is 2. The maximum Gasteiger partial charge on any atom is 0.262 e. The van der Waals surface area contributed by atoms with Crippen LogP contribution in [-0.4, -0.2) is 21.2 Å². The minimum absolute atomic E-state index is 0.102. The van der Waals surface area contributed by atoms with E-state index in [1.807, 2.05) is 12.3 Å². The van der Waals surface area contributed by atoms with Crippen LogP contribution in [0.1, 0.15) is 5.56 Å². The maximum atomic E-state index is 12.2. The third-order valence-electron chi connectivity index (χ3n) is 3.54. The van der Waals surface area contributed by atoms with Crippen LogP contribution in [0.15, 0.2) is 39.6 Å². The van der Waals surface area contributed by atoms with Gasteiger partial charge in [-0.25, -0.2) is 4.98 Å². The molecule has 0 aliphatic rings. The molecule has 0 aliphatic heterocycles. The summed E-state index contributed by atoms with van der Waals surface area (Å²) in [6, 6.07) is 7.12. The van der Waals surface area contributed by atoms with Crippen molar-refractivity contribution in [3.8, 4) is 0 Å². The Morgan fingerprint density at radius 1 is 1.42 bits per heavy atom. The molecule has 2 aromatic heterocycles. The van der Waals surface area contributed by atoms with E-state index in [2.05, 4.69) is 10.3 Å². The maximum absolute atomic E-state index is 12.2. The average molecular weight is 380 g/mol. The molecule has 0 saturated carbocycles. The third kappa shape index (κ3) is 3.33. The number of benzene rings is 1. The van der Waals surface area contributed by atoms with Crippen LogP contribution in [0, 0.1) is 6.92 Å². The molecule has 24 heavy (non-hydrogen) atoms. The number of halogens is 1. The Kier molecular flexibility index (Phi) is 4.93. The molecule has 0 spiro atoms. The Hall–Kier alpha value is -1.83. The fraction of sp³-hybridized carbons (Fsp3) is 0.188. The van der Waals surface area contributed by atoms with Crippen molar-refractivity contribution in [3.63, 3.8) is 0 Å². The number of rotatable bonds is 4. The van der Waals surface area contributed by atoms with Crippen LogP contribution in [-0.2, 0) is 11.8 Å². The lowest BCUT2D eigenvalue weighted by atomic mass is 10.2. The lowest BCUT2D eigenvalue weighted by Crippen LogP contribution is -2.21. The van der Waals surface area contributed by atoms with Crippen molar-refractivity contribution < 1.29 is 4.79 Å². The molecule has 0 bridgehead atoms. The first-order chi connectivity index (χ1) is 11.5. The number of fused-ring (bicyclic) bond motifs is 1. The molecule has 0 radical (unpaired) electrons. The summed E-state index contributed by atoms with van der Waals surface area (Å²) in [7, 11) is 1.66. The number of nitrogens with one attached hydrogen (secondary N) is 1. The van der Waals surface area contributed by atoms with Crippen molar-refractivity contribution in [1.29, 1.82) is 0 Å². The van der Waals surface area contributed by atoms with Gasteiger partial charge in [-0.3, -0.25) is 14.2 Å². The van der Waals surface area contributed by atoms with E-state index in [1.165, 1.54) is 27.7 Å². The molecule has 0 unspecified atom stereocenters. The molecule has 1 N–H and O–H groups in total. The minimum Gasteiger partial charge on any atom is -0.325 e. The van der Waals surface area contributed by atoms with Crippen LogP contribution >= 0.6 is 34.7 Å². The number of amides is 1. The minimum atomic E-state index is -0.175. The molecule has 3 aromatic rings. The smallest absolute Gasteiger partial charge is 0.262 e. The number of aromatic nitrogens is 2. The summed E-state index contributed by atoms with van der Waals surface area (Å²) in [4.78, 5) is 29.5. The second-order valence-electron chi connectivity index (χ2n) is 5.15. The molecule has 2 heterocycles. The topological polar surface area (TPSA) is 64.0 Å². The van der Waals surface area contributed by atoms with Gasteiger partial charge < -0.3 is 5.32 Å². The Balaban J connectivity index is 1.74. The highest BCUT2D eigenvalue weighted by atomic mass is 35.5. The Morgan fingerprint density at radius 3 is 3.00 bits per heavy atom. The Labute approximate surface area is 151 Å². The van der Waals surface area contributed by atoms with Crippen molar-refractivity contribution in [1.82, 2.24) is 9.55 Å². The van der Waals surface area contributed by atoms with Gasteiger partial charge in [0.15, 0.2) is 5.16 Å². The van der Waals surface area contributed by atoms with Gasteiger partial charge in [0.1, 0.15) is 4.83 Å². The fourth-order valence-electron chi connectivity index (χ4n) is 2.17. The number of thioether (sulfide) groups is 1. The zero-order chi connectivity index (χ0) is 17.3. The van der Waals surface area contributed by atoms with Crippen LogP contribution < -0.4 is 10.9 Å². The summed E-state index contributed by atoms with van der Waals surface area (Å²) in [5, 5.41) is 6.39. The van der Waals surface area contributed by atoms with E-state index in [0.29, 0.717) is 26.1 Å². The summed E-state index contributed by atoms with van der Waals surface area (Å²) in [6.07, 6.45) is 0. The van der Waals surface area contributed by atoms with Gasteiger partial charge in [0.25, 0.3) is 5.56 Å². The summed E-state index contributed by atoms with van der Waals surface area (Å²) in [5.74, 6) is -0.0192. The lowest BCUT2D eigenvalue weighted by Gasteiger charge is -2.10. The molecule has 8 heteroatoms. The van der Waals surface area contributed by atoms with Crippen molar-refractivity contribution in [2.45, 2.75) is 12.1 Å². The van der Waals surface area contributed by atoms with E-state index in [9.17, 15) is 9.59 Å². The molecular formula is C16H14ClN3O2S2. The number of anilines is 1. The summed E-state index contributed by atoms with van der Waals surface area (Å²) >= 11 is 8.69. The second kappa shape index (κ2) is 6.96. The molecule has 0 aliphatic carbocycles. The van der Waals surface area contributed by atoms with Gasteiger partial charge in [-0.1, -0.05) is 29.4 Å². The van der Waals surface area contributed by atoms with Crippen molar-refractivity contribution >= 4 is 56.5 Å². The van der Waals surface area contributed by atoms with Crippen LogP contribution in [0.4, 0.5) is 5.69 Å². The third-order valence-corrected chi connectivity index (χ3v) is 5.78. The predicted octanol–water partition coefficient (Wildman–Crippen LogP) is 3.69. The van der Waals surface area contributed by atoms with Crippen LogP contribution in [0.2, 0.25) is 5.02 Å². The molecule has 5 nitrogen and oxygen atoms in total. The van der Waals surface area contributed by atoms with Gasteiger partial charge in [0, 0.05) is 17.8 Å². The van der Waals surface area contributed by atoms with E-state index in [1.54, 1.807) is 31.3 Å². The Morgan fingerprint density at radius 2 is 2.21 bits per heavy atom. The average Bonchev–Trinajstić information content (AvgIpc) is 3.02. The highest BCUT2D eigenvalue weighted by molar-refractivity contribution is 7.99. The van der Waals surface area contributed by atoms with Gasteiger partial charge in [-0.2, -0.15) is 0 Å². The van der Waals surface area contributed by atoms with Gasteiger partial charge >= 0.3 is 0 Å². The van der Waals surface area contributed by atoms with Gasteiger partial charge in [-0.05, 0) is 36.1 Å². The molecule has 0 atom stereocenters. The van der Waals surface area contributed by atoms with Crippen molar-refractivity contribution in [2.75, 3.05) is 11.1 Å². The molecular weight excluding hydrogens is 366 g/mol. The number of carbonyl (C=O) groups is 1. The molecule has 3 rings (SSSR count). The highest BCUT2D eigenvalue weighted by Crippen LogP contribution is 2.24. The first-order valence-electron chi connectivity index (χ1n) is 7.09. The molecule has 0 fully saturated rings. The van der Waals surface area contributed by atoms with E-state index in [4.69, 9.17) is 11.6 Å². The fourth-order valence-corrected chi connectivity index (χ4v) is 3.92. The number of hydrogen-bond acceptors (Lipinski definition) is 5. The quantitative estimate of drug-likeness (QED) is 0.554. The van der Waals surface area contributed by atoms with Crippen LogP contribution in [0.3, 0.4) is 0 Å². The Bertz CT molecular complexity index is 981. The molecule has 124 valence electrons. The van der Waals surface area contributed by atoms with Gasteiger partial charge in [-0.15, -0.1) is 11.3 Å². The van der Waals surface area contributed by atoms with Crippen molar-refractivity contribution in [2.24, 2.45) is 7.05 Å². The standard InChI is InChI=1S/C16H14ClN3O2S2/c1-9-11(17)4-3-5-12(9)18-13(21)8-24-16-19-14-10(6-7-23-14)15(22)20(16)2/h3-7H,8H2,1-2H3,(H,18,21). The van der Waals surface area contributed by atoms with E-state index in [-0.39, 0.29) is 17.2 Å². The van der Waals surface area contributed by atoms with E-state index >= 15 is 0 Å². The monoisotopic (exact) mass is 379 g/mol. The summed E-state index contributed by atoms with van der Waals surface area (Å²) < 4.78 is 1.47. The lowest BCUT2D eigenvalue weighted by molar-refractivity contribution is -0.113. The largest absolute Gasteiger partial charge is 0.325 e. The van der Waals surface area contributed by atoms with Gasteiger partial charge in [0.05, 0.1) is 11.1 Å². The van der Waals surface area contributed by atoms with E-state index in [0.717, 1.165) is 5.56 Å².